The monoisotopic (exact) mass is 526 g/mol. The van der Waals surface area contributed by atoms with Gasteiger partial charge in [-0.15, -0.1) is 0 Å². The molecule has 5 aliphatic rings. The Morgan fingerprint density at radius 3 is 2.55 bits per heavy atom. The lowest BCUT2D eigenvalue weighted by Gasteiger charge is -2.63. The highest BCUT2D eigenvalue weighted by molar-refractivity contribution is 5.67. The second-order valence-electron chi connectivity index (χ2n) is 13.9. The summed E-state index contributed by atoms with van der Waals surface area (Å²) in [6, 6.07) is 3.65. The van der Waals surface area contributed by atoms with Gasteiger partial charge in [0.1, 0.15) is 6.10 Å². The van der Waals surface area contributed by atoms with Crippen molar-refractivity contribution >= 4 is 6.09 Å². The molecular weight excluding hydrogens is 480 g/mol. The first-order valence-electron chi connectivity index (χ1n) is 15.1. The number of likely N-dealkylation sites (tertiary alicyclic amines) is 1. The summed E-state index contributed by atoms with van der Waals surface area (Å²) in [5.74, 6) is 1.55. The van der Waals surface area contributed by atoms with Crippen molar-refractivity contribution in [1.29, 1.82) is 0 Å². The third-order valence-electron chi connectivity index (χ3n) is 12.2. The molecule has 1 saturated heterocycles. The van der Waals surface area contributed by atoms with E-state index in [1.54, 1.807) is 6.26 Å². The third kappa shape index (κ3) is 4.23. The minimum Gasteiger partial charge on any atom is -0.446 e. The Labute approximate surface area is 226 Å². The van der Waals surface area contributed by atoms with Gasteiger partial charge < -0.3 is 24.5 Å². The van der Waals surface area contributed by atoms with Gasteiger partial charge in [-0.2, -0.15) is 0 Å². The molecule has 4 saturated carbocycles. The van der Waals surface area contributed by atoms with E-state index in [0.717, 1.165) is 89.3 Å². The van der Waals surface area contributed by atoms with E-state index in [9.17, 15) is 14.7 Å². The zero-order chi connectivity index (χ0) is 26.7. The second-order valence-corrected chi connectivity index (χ2v) is 13.9. The quantitative estimate of drug-likeness (QED) is 0.571. The van der Waals surface area contributed by atoms with Gasteiger partial charge in [0.05, 0.1) is 11.9 Å². The number of ether oxygens (including phenoxy) is 1. The maximum absolute atomic E-state index is 12.7. The van der Waals surface area contributed by atoms with E-state index in [1.807, 2.05) is 6.07 Å². The van der Waals surface area contributed by atoms with Crippen molar-refractivity contribution < 1.29 is 19.1 Å². The summed E-state index contributed by atoms with van der Waals surface area (Å²) >= 11 is 0. The number of rotatable bonds is 3. The van der Waals surface area contributed by atoms with Crippen molar-refractivity contribution in [3.8, 4) is 0 Å². The standard InChI is InChI=1S/C31H46N2O5/c1-29-13-8-23(38-28(35)32-22-11-16-33(3)17-12-22)18-21(29)5-6-26-25(29)9-14-30(2)24(10-15-31(26,30)36)20-4-7-27(34)37-19-20/h4,7,19,21-26,36H,5-6,8-18H2,1-3H3,(H,32,35)/t21-,23+,24-,25+,26-,29+,30-,31+/m1/s1. The first-order chi connectivity index (χ1) is 18.1. The number of fused-ring (bicyclic) bond motifs is 5. The van der Waals surface area contributed by atoms with Crippen LogP contribution in [-0.2, 0) is 4.74 Å². The Balaban J connectivity index is 1.12. The highest BCUT2D eigenvalue weighted by Gasteiger charge is 2.67. The molecule has 0 radical (unpaired) electrons. The van der Waals surface area contributed by atoms with Gasteiger partial charge in [-0.1, -0.05) is 13.8 Å². The summed E-state index contributed by atoms with van der Waals surface area (Å²) in [5.41, 5.74) is 0.0240. The Morgan fingerprint density at radius 1 is 1.03 bits per heavy atom. The highest BCUT2D eigenvalue weighted by Crippen LogP contribution is 2.70. The van der Waals surface area contributed by atoms with Gasteiger partial charge in [-0.3, -0.25) is 0 Å². The van der Waals surface area contributed by atoms with Crippen LogP contribution in [0.3, 0.4) is 0 Å². The summed E-state index contributed by atoms with van der Waals surface area (Å²) in [4.78, 5) is 26.6. The maximum atomic E-state index is 12.7. The lowest BCUT2D eigenvalue weighted by molar-refractivity contribution is -0.205. The van der Waals surface area contributed by atoms with E-state index >= 15 is 0 Å². The van der Waals surface area contributed by atoms with Gasteiger partial charge in [0.15, 0.2) is 0 Å². The minimum absolute atomic E-state index is 0.00331. The Hall–Kier alpha value is -1.86. The van der Waals surface area contributed by atoms with Crippen molar-refractivity contribution in [2.75, 3.05) is 20.1 Å². The number of amides is 1. The van der Waals surface area contributed by atoms with Gasteiger partial charge in [0.25, 0.3) is 0 Å². The largest absolute Gasteiger partial charge is 0.446 e. The number of hydrogen-bond donors (Lipinski definition) is 2. The van der Waals surface area contributed by atoms with Gasteiger partial charge in [0, 0.05) is 17.5 Å². The average molecular weight is 527 g/mol. The number of piperidine rings is 1. The summed E-state index contributed by atoms with van der Waals surface area (Å²) in [5, 5.41) is 15.6. The van der Waals surface area contributed by atoms with Gasteiger partial charge in [-0.05, 0) is 131 Å². The summed E-state index contributed by atoms with van der Waals surface area (Å²) in [6.07, 6.45) is 12.3. The Kier molecular flexibility index (Phi) is 6.70. The molecule has 1 aromatic rings. The molecule has 0 unspecified atom stereocenters. The van der Waals surface area contributed by atoms with Crippen LogP contribution in [0.2, 0.25) is 0 Å². The van der Waals surface area contributed by atoms with Crippen LogP contribution in [0.15, 0.2) is 27.6 Å². The number of alkyl carbamates (subject to hydrolysis) is 1. The fourth-order valence-electron chi connectivity index (χ4n) is 9.90. The maximum Gasteiger partial charge on any atom is 0.407 e. The van der Waals surface area contributed by atoms with Crippen LogP contribution in [0, 0.1) is 28.6 Å². The number of carbonyl (C=O) groups excluding carboxylic acids is 1. The van der Waals surface area contributed by atoms with E-state index in [0.29, 0.717) is 17.8 Å². The Bertz CT molecular complexity index is 1080. The predicted octanol–water partition coefficient (Wildman–Crippen LogP) is 5.07. The van der Waals surface area contributed by atoms with Crippen molar-refractivity contribution in [2.24, 2.45) is 28.6 Å². The zero-order valence-corrected chi connectivity index (χ0v) is 23.4. The van der Waals surface area contributed by atoms with Gasteiger partial charge in [0.2, 0.25) is 0 Å². The van der Waals surface area contributed by atoms with Crippen LogP contribution < -0.4 is 10.9 Å². The molecule has 0 spiro atoms. The van der Waals surface area contributed by atoms with E-state index < -0.39 is 5.60 Å². The molecule has 5 fully saturated rings. The van der Waals surface area contributed by atoms with Crippen LogP contribution in [-0.4, -0.2) is 54.0 Å². The molecule has 2 N–H and O–H groups in total. The van der Waals surface area contributed by atoms with E-state index in [-0.39, 0.29) is 40.6 Å². The lowest BCUT2D eigenvalue weighted by Crippen LogP contribution is -2.62. The first-order valence-corrected chi connectivity index (χ1v) is 15.1. The molecule has 7 nitrogen and oxygen atoms in total. The zero-order valence-electron chi connectivity index (χ0n) is 23.4. The fourth-order valence-corrected chi connectivity index (χ4v) is 9.90. The summed E-state index contributed by atoms with van der Waals surface area (Å²) < 4.78 is 11.2. The van der Waals surface area contributed by atoms with Gasteiger partial charge >= 0.3 is 11.7 Å². The molecule has 1 aliphatic heterocycles. The smallest absolute Gasteiger partial charge is 0.407 e. The van der Waals surface area contributed by atoms with Crippen LogP contribution in [0.4, 0.5) is 4.79 Å². The number of nitrogens with zero attached hydrogens (tertiary/aromatic N) is 1. The molecule has 0 aromatic carbocycles. The lowest BCUT2D eigenvalue weighted by atomic mass is 9.43. The van der Waals surface area contributed by atoms with E-state index in [1.165, 1.54) is 6.07 Å². The number of aliphatic hydroxyl groups is 1. The predicted molar refractivity (Wildman–Crippen MR) is 145 cm³/mol. The Morgan fingerprint density at radius 2 is 1.82 bits per heavy atom. The van der Waals surface area contributed by atoms with Crippen LogP contribution >= 0.6 is 0 Å². The number of carbonyl (C=O) groups is 1. The molecule has 1 amide bonds. The topological polar surface area (TPSA) is 92.0 Å². The molecule has 210 valence electrons. The van der Waals surface area contributed by atoms with E-state index in [2.05, 4.69) is 31.1 Å². The van der Waals surface area contributed by atoms with Crippen molar-refractivity contribution in [1.82, 2.24) is 10.2 Å². The molecule has 4 aliphatic carbocycles. The number of hydrogen-bond acceptors (Lipinski definition) is 6. The molecule has 38 heavy (non-hydrogen) atoms. The average Bonchev–Trinajstić information content (AvgIpc) is 3.17. The van der Waals surface area contributed by atoms with E-state index in [4.69, 9.17) is 9.15 Å². The van der Waals surface area contributed by atoms with Gasteiger partial charge in [-0.25, -0.2) is 9.59 Å². The van der Waals surface area contributed by atoms with Crippen LogP contribution in [0.1, 0.15) is 96.0 Å². The molecule has 2 heterocycles. The fraction of sp³-hybridized carbons (Fsp3) is 0.806. The van der Waals surface area contributed by atoms with Crippen LogP contribution in [0.25, 0.3) is 0 Å². The molecule has 6 rings (SSSR count). The molecule has 1 aromatic heterocycles. The number of nitrogens with one attached hydrogen (secondary N) is 1. The minimum atomic E-state index is -0.688. The van der Waals surface area contributed by atoms with Crippen molar-refractivity contribution in [2.45, 2.75) is 108 Å². The third-order valence-corrected chi connectivity index (χ3v) is 12.2. The van der Waals surface area contributed by atoms with Crippen molar-refractivity contribution in [3.05, 3.63) is 34.4 Å². The molecular formula is C31H46N2O5. The van der Waals surface area contributed by atoms with Crippen molar-refractivity contribution in [3.63, 3.8) is 0 Å². The molecule has 0 bridgehead atoms. The summed E-state index contributed by atoms with van der Waals surface area (Å²) in [6.45, 7) is 6.79. The summed E-state index contributed by atoms with van der Waals surface area (Å²) in [7, 11) is 2.13. The molecule has 7 heteroatoms. The second kappa shape index (κ2) is 9.65. The molecule has 8 atom stereocenters. The van der Waals surface area contributed by atoms with Crippen LogP contribution in [0.5, 0.6) is 0 Å². The first kappa shape index (κ1) is 26.4. The SMILES string of the molecule is CN1CCC(NC(=O)O[C@H]2CC[C@@]3(C)[C@H](CC[C@@H]4[C@@H]3CC[C@]3(C)[C@@H](c5ccc(=O)oc5)CC[C@]43O)C2)CC1. The normalized spacial score (nSPS) is 43.5. The highest BCUT2D eigenvalue weighted by atomic mass is 16.6.